The second-order valence-corrected chi connectivity index (χ2v) is 11.0. The van der Waals surface area contributed by atoms with Crippen molar-refractivity contribution in [1.29, 1.82) is 0 Å². The van der Waals surface area contributed by atoms with E-state index < -0.39 is 22.6 Å². The summed E-state index contributed by atoms with van der Waals surface area (Å²) in [5.74, 6) is -2.08. The van der Waals surface area contributed by atoms with E-state index >= 15 is 0 Å². The molecule has 1 aromatic carbocycles. The molecule has 4 heterocycles. The van der Waals surface area contributed by atoms with Gasteiger partial charge in [0.1, 0.15) is 12.6 Å². The number of aliphatic hydroxyl groups is 1. The van der Waals surface area contributed by atoms with Crippen molar-refractivity contribution < 1.29 is 24.2 Å². The molecule has 1 unspecified atom stereocenters. The molecule has 2 saturated heterocycles. The molecule has 36 heavy (non-hydrogen) atoms. The van der Waals surface area contributed by atoms with Gasteiger partial charge in [0.25, 0.3) is 5.91 Å². The Morgan fingerprint density at radius 3 is 2.56 bits per heavy atom. The first-order valence-electron chi connectivity index (χ1n) is 12.7. The van der Waals surface area contributed by atoms with Gasteiger partial charge < -0.3 is 24.5 Å². The van der Waals surface area contributed by atoms with E-state index in [0.29, 0.717) is 13.0 Å². The molecule has 0 bridgehead atoms. The van der Waals surface area contributed by atoms with Crippen LogP contribution in [0.25, 0.3) is 0 Å². The van der Waals surface area contributed by atoms with Crippen molar-refractivity contribution in [3.05, 3.63) is 48.6 Å². The zero-order valence-corrected chi connectivity index (χ0v) is 21.5. The Bertz CT molecular complexity index is 1090. The van der Waals surface area contributed by atoms with Gasteiger partial charge in [-0.05, 0) is 44.5 Å². The van der Waals surface area contributed by atoms with E-state index in [2.05, 4.69) is 18.7 Å². The molecule has 5 atom stereocenters. The van der Waals surface area contributed by atoms with E-state index in [1.807, 2.05) is 48.6 Å². The molecule has 192 valence electrons. The first kappa shape index (κ1) is 24.9. The Hall–Kier alpha value is -2.78. The second-order valence-electron chi connectivity index (χ2n) is 9.55. The summed E-state index contributed by atoms with van der Waals surface area (Å²) in [7, 11) is 0. The monoisotopic (exact) mass is 511 g/mol. The molecule has 5 rings (SSSR count). The lowest BCUT2D eigenvalue weighted by Crippen LogP contribution is -2.53. The number of fused-ring (bicyclic) bond motifs is 2. The normalized spacial score (nSPS) is 31.0. The SMILES string of the molecule is CCN(CC)c1ccc(N2CC=C[C@]34S[C@H]5C=CCOC(=O)[C@H]5[C@H]3C(=O)N(CCCO)C4C2=O)cc1. The number of rotatable bonds is 7. The Morgan fingerprint density at radius 2 is 1.86 bits per heavy atom. The minimum atomic E-state index is -0.866. The summed E-state index contributed by atoms with van der Waals surface area (Å²) in [5.41, 5.74) is 1.86. The first-order valence-corrected chi connectivity index (χ1v) is 13.6. The molecule has 8 nitrogen and oxygen atoms in total. The average molecular weight is 512 g/mol. The van der Waals surface area contributed by atoms with Crippen molar-refractivity contribution in [2.24, 2.45) is 11.8 Å². The van der Waals surface area contributed by atoms with Crippen molar-refractivity contribution in [2.75, 3.05) is 49.2 Å². The van der Waals surface area contributed by atoms with Gasteiger partial charge in [-0.15, -0.1) is 11.8 Å². The van der Waals surface area contributed by atoms with Gasteiger partial charge in [0.05, 0.1) is 16.6 Å². The number of ether oxygens (including phenoxy) is 1. The highest BCUT2D eigenvalue weighted by Gasteiger charge is 2.71. The van der Waals surface area contributed by atoms with Crippen LogP contribution in [0.15, 0.2) is 48.6 Å². The van der Waals surface area contributed by atoms with Gasteiger partial charge in [0.2, 0.25) is 5.91 Å². The van der Waals surface area contributed by atoms with Crippen LogP contribution in [0, 0.1) is 11.8 Å². The quantitative estimate of drug-likeness (QED) is 0.444. The van der Waals surface area contributed by atoms with Crippen LogP contribution in [0.3, 0.4) is 0 Å². The van der Waals surface area contributed by atoms with Crippen molar-refractivity contribution >= 4 is 40.9 Å². The lowest BCUT2D eigenvalue weighted by molar-refractivity contribution is -0.151. The van der Waals surface area contributed by atoms with E-state index in [9.17, 15) is 19.5 Å². The number of carbonyl (C=O) groups is 3. The van der Waals surface area contributed by atoms with Crippen LogP contribution in [0.1, 0.15) is 20.3 Å². The molecule has 2 fully saturated rings. The lowest BCUT2D eigenvalue weighted by atomic mass is 9.78. The van der Waals surface area contributed by atoms with E-state index in [1.54, 1.807) is 9.80 Å². The predicted octanol–water partition coefficient (Wildman–Crippen LogP) is 2.23. The molecule has 4 aliphatic heterocycles. The summed E-state index contributed by atoms with van der Waals surface area (Å²) in [4.78, 5) is 46.6. The maximum absolute atomic E-state index is 14.2. The molecule has 9 heteroatoms. The van der Waals surface area contributed by atoms with E-state index in [0.717, 1.165) is 24.5 Å². The van der Waals surface area contributed by atoms with Crippen molar-refractivity contribution in [3.8, 4) is 0 Å². The minimum absolute atomic E-state index is 0.0846. The molecule has 0 saturated carbocycles. The molecule has 1 N–H and O–H groups in total. The molecule has 4 aliphatic rings. The number of anilines is 2. The summed E-state index contributed by atoms with van der Waals surface area (Å²) in [6, 6.07) is 7.19. The van der Waals surface area contributed by atoms with Crippen LogP contribution >= 0.6 is 11.8 Å². The van der Waals surface area contributed by atoms with Gasteiger partial charge in [0.15, 0.2) is 0 Å². The van der Waals surface area contributed by atoms with Crippen molar-refractivity contribution in [3.63, 3.8) is 0 Å². The molecular weight excluding hydrogens is 478 g/mol. The summed E-state index contributed by atoms with van der Waals surface area (Å²) in [6.45, 7) is 6.76. The number of likely N-dealkylation sites (tertiary alicyclic amines) is 1. The fourth-order valence-electron chi connectivity index (χ4n) is 6.11. The predicted molar refractivity (Wildman–Crippen MR) is 140 cm³/mol. The number of carbonyl (C=O) groups excluding carboxylic acids is 3. The lowest BCUT2D eigenvalue weighted by Gasteiger charge is -2.35. The molecule has 1 aromatic rings. The summed E-state index contributed by atoms with van der Waals surface area (Å²) >= 11 is 1.53. The smallest absolute Gasteiger partial charge is 0.311 e. The number of aliphatic hydroxyl groups excluding tert-OH is 1. The van der Waals surface area contributed by atoms with Gasteiger partial charge >= 0.3 is 5.97 Å². The number of hydrogen-bond acceptors (Lipinski definition) is 7. The maximum atomic E-state index is 14.2. The van der Waals surface area contributed by atoms with Gasteiger partial charge in [-0.2, -0.15) is 0 Å². The highest BCUT2D eigenvalue weighted by molar-refractivity contribution is 8.02. The molecule has 1 spiro atoms. The maximum Gasteiger partial charge on any atom is 0.311 e. The number of hydrogen-bond donors (Lipinski definition) is 1. The van der Waals surface area contributed by atoms with E-state index in [1.165, 1.54) is 11.8 Å². The van der Waals surface area contributed by atoms with Crippen LogP contribution in [0.5, 0.6) is 0 Å². The summed E-state index contributed by atoms with van der Waals surface area (Å²) < 4.78 is 4.52. The van der Waals surface area contributed by atoms with Crippen LogP contribution in [0.4, 0.5) is 11.4 Å². The molecule has 2 amide bonds. The van der Waals surface area contributed by atoms with Crippen LogP contribution in [-0.4, -0.2) is 83.2 Å². The van der Waals surface area contributed by atoms with Gasteiger partial charge in [-0.3, -0.25) is 14.4 Å². The van der Waals surface area contributed by atoms with Gasteiger partial charge in [-0.25, -0.2) is 0 Å². The molecule has 0 radical (unpaired) electrons. The first-order chi connectivity index (χ1) is 17.5. The Morgan fingerprint density at radius 1 is 1.11 bits per heavy atom. The average Bonchev–Trinajstić information content (AvgIpc) is 3.18. The van der Waals surface area contributed by atoms with Crippen LogP contribution in [0.2, 0.25) is 0 Å². The van der Waals surface area contributed by atoms with Crippen molar-refractivity contribution in [2.45, 2.75) is 36.3 Å². The minimum Gasteiger partial charge on any atom is -0.461 e. The number of thioether (sulfide) groups is 1. The highest BCUT2D eigenvalue weighted by atomic mass is 32.2. The van der Waals surface area contributed by atoms with E-state index in [4.69, 9.17) is 4.74 Å². The Labute approximate surface area is 215 Å². The number of amides is 2. The molecular formula is C27H33N3O5S. The summed E-state index contributed by atoms with van der Waals surface area (Å²) in [6.07, 6.45) is 8.08. The third kappa shape index (κ3) is 3.84. The van der Waals surface area contributed by atoms with Gasteiger partial charge in [0, 0.05) is 49.4 Å². The van der Waals surface area contributed by atoms with Crippen LogP contribution < -0.4 is 9.80 Å². The standard InChI is InChI=1S/C27H33N3O5S/c1-3-28(4-2)18-9-11-19(12-10-18)29-14-6-13-27-22(21-20(36-27)8-5-17-35-26(21)34)24(32)30(15-7-16-31)23(27)25(29)33/h5-6,8-13,20-23,31H,3-4,7,14-17H2,1-2H3/t20-,21+,22-,23?,27-/m0/s1. The topological polar surface area (TPSA) is 90.4 Å². The highest BCUT2D eigenvalue weighted by Crippen LogP contribution is 2.61. The largest absolute Gasteiger partial charge is 0.461 e. The zero-order chi connectivity index (χ0) is 25.4. The molecule has 0 aromatic heterocycles. The van der Waals surface area contributed by atoms with Crippen LogP contribution in [-0.2, 0) is 19.1 Å². The number of nitrogens with zero attached hydrogens (tertiary/aromatic N) is 3. The van der Waals surface area contributed by atoms with E-state index in [-0.39, 0.29) is 42.8 Å². The zero-order valence-electron chi connectivity index (χ0n) is 20.7. The Kier molecular flexibility index (Phi) is 6.87. The second kappa shape index (κ2) is 9.94. The Balaban J connectivity index is 1.53. The number of esters is 1. The number of cyclic esters (lactones) is 1. The van der Waals surface area contributed by atoms with Crippen molar-refractivity contribution in [1.82, 2.24) is 4.90 Å². The molecule has 0 aliphatic carbocycles. The third-order valence-corrected chi connectivity index (χ3v) is 9.50. The number of benzene rings is 1. The fourth-order valence-corrected chi connectivity index (χ4v) is 8.12. The summed E-state index contributed by atoms with van der Waals surface area (Å²) in [5, 5.41) is 9.27. The third-order valence-electron chi connectivity index (χ3n) is 7.76. The van der Waals surface area contributed by atoms with Gasteiger partial charge in [-0.1, -0.05) is 24.3 Å². The fraction of sp³-hybridized carbons (Fsp3) is 0.519.